The summed E-state index contributed by atoms with van der Waals surface area (Å²) in [4.78, 5) is 2.30. The van der Waals surface area contributed by atoms with Crippen molar-refractivity contribution in [2.45, 2.75) is 11.8 Å². The molecule has 1 saturated heterocycles. The summed E-state index contributed by atoms with van der Waals surface area (Å²) in [5, 5.41) is 10.9. The molecule has 21 heavy (non-hydrogen) atoms. The largest absolute Gasteiger partial charge is 0.508 e. The molecule has 2 atom stereocenters. The molecule has 2 aromatic rings. The summed E-state index contributed by atoms with van der Waals surface area (Å²) < 4.78 is 1.12. The van der Waals surface area contributed by atoms with Crippen LogP contribution in [-0.4, -0.2) is 30.1 Å². The Morgan fingerprint density at radius 2 is 1.76 bits per heavy atom. The standard InChI is InChI=1S/C17H17BrClNO/c1-20-9-14(12-4-2-3-5-16(12)18)15(10-20)13-8-11(19)6-7-17(13)21/h2-8,14-15,21H,9-10H2,1H3. The maximum atomic E-state index is 10.2. The van der Waals surface area contributed by atoms with Crippen LogP contribution < -0.4 is 0 Å². The van der Waals surface area contributed by atoms with Crippen LogP contribution in [0.3, 0.4) is 0 Å². The Morgan fingerprint density at radius 1 is 1.10 bits per heavy atom. The average Bonchev–Trinajstić information content (AvgIpc) is 2.83. The molecule has 1 aliphatic rings. The summed E-state index contributed by atoms with van der Waals surface area (Å²) in [5.41, 5.74) is 2.22. The van der Waals surface area contributed by atoms with Gasteiger partial charge in [-0.3, -0.25) is 0 Å². The molecule has 0 bridgehead atoms. The molecule has 1 heterocycles. The third-order valence-corrected chi connectivity index (χ3v) is 5.15. The number of phenols is 1. The van der Waals surface area contributed by atoms with Crippen molar-refractivity contribution in [2.24, 2.45) is 0 Å². The Kier molecular flexibility index (Phi) is 4.25. The van der Waals surface area contributed by atoms with Crippen molar-refractivity contribution in [3.05, 3.63) is 63.1 Å². The van der Waals surface area contributed by atoms with E-state index in [4.69, 9.17) is 11.6 Å². The molecule has 3 rings (SSSR count). The van der Waals surface area contributed by atoms with Crippen LogP contribution in [0.5, 0.6) is 5.75 Å². The Labute approximate surface area is 138 Å². The monoisotopic (exact) mass is 365 g/mol. The number of nitrogens with zero attached hydrogens (tertiary/aromatic N) is 1. The van der Waals surface area contributed by atoms with Crippen molar-refractivity contribution in [2.75, 3.05) is 20.1 Å². The van der Waals surface area contributed by atoms with Crippen LogP contribution in [0.1, 0.15) is 23.0 Å². The first kappa shape index (κ1) is 14.9. The highest BCUT2D eigenvalue weighted by Crippen LogP contribution is 2.44. The van der Waals surface area contributed by atoms with E-state index in [-0.39, 0.29) is 5.92 Å². The molecule has 1 fully saturated rings. The Bertz CT molecular complexity index is 661. The quantitative estimate of drug-likeness (QED) is 0.838. The summed E-state index contributed by atoms with van der Waals surface area (Å²) in [6.07, 6.45) is 0. The molecule has 1 aliphatic heterocycles. The van der Waals surface area contributed by atoms with Crippen LogP contribution in [0.15, 0.2) is 46.9 Å². The van der Waals surface area contributed by atoms with Crippen molar-refractivity contribution >= 4 is 27.5 Å². The lowest BCUT2D eigenvalue weighted by atomic mass is 9.84. The smallest absolute Gasteiger partial charge is 0.119 e. The molecule has 0 aliphatic carbocycles. The van der Waals surface area contributed by atoms with E-state index in [1.807, 2.05) is 12.1 Å². The van der Waals surface area contributed by atoms with Gasteiger partial charge in [0.1, 0.15) is 5.75 Å². The second kappa shape index (κ2) is 5.99. The van der Waals surface area contributed by atoms with Gasteiger partial charge < -0.3 is 10.0 Å². The van der Waals surface area contributed by atoms with Crippen LogP contribution in [-0.2, 0) is 0 Å². The summed E-state index contributed by atoms with van der Waals surface area (Å²) in [6, 6.07) is 13.6. The Hall–Kier alpha value is -1.03. The van der Waals surface area contributed by atoms with Crippen molar-refractivity contribution in [3.63, 3.8) is 0 Å². The number of likely N-dealkylation sites (N-methyl/N-ethyl adjacent to an activating group) is 1. The van der Waals surface area contributed by atoms with Crippen LogP contribution in [0.4, 0.5) is 0 Å². The summed E-state index contributed by atoms with van der Waals surface area (Å²) in [7, 11) is 2.12. The number of halogens is 2. The molecule has 2 aromatic carbocycles. The second-order valence-electron chi connectivity index (χ2n) is 5.66. The van der Waals surface area contributed by atoms with Gasteiger partial charge in [0.2, 0.25) is 0 Å². The third kappa shape index (κ3) is 2.96. The fraction of sp³-hybridized carbons (Fsp3) is 0.294. The molecule has 0 radical (unpaired) electrons. The number of hydrogen-bond donors (Lipinski definition) is 1. The summed E-state index contributed by atoms with van der Waals surface area (Å²) in [5.74, 6) is 0.916. The predicted octanol–water partition coefficient (Wildman–Crippen LogP) is 4.62. The first-order valence-electron chi connectivity index (χ1n) is 6.97. The molecule has 1 N–H and O–H groups in total. The number of hydrogen-bond acceptors (Lipinski definition) is 2. The van der Waals surface area contributed by atoms with Gasteiger partial charge in [0.05, 0.1) is 0 Å². The SMILES string of the molecule is CN1CC(c2cc(Cl)ccc2O)C(c2ccccc2Br)C1. The fourth-order valence-electron chi connectivity index (χ4n) is 3.23. The molecular formula is C17H17BrClNO. The fourth-order valence-corrected chi connectivity index (χ4v) is 3.99. The van der Waals surface area contributed by atoms with E-state index in [2.05, 4.69) is 46.1 Å². The average molecular weight is 367 g/mol. The molecule has 0 spiro atoms. The van der Waals surface area contributed by atoms with Gasteiger partial charge in [-0.25, -0.2) is 0 Å². The van der Waals surface area contributed by atoms with Gasteiger partial charge in [-0.2, -0.15) is 0 Å². The molecule has 4 heteroatoms. The normalized spacial score (nSPS) is 22.6. The minimum atomic E-state index is 0.243. The van der Waals surface area contributed by atoms with Gasteiger partial charge in [0.15, 0.2) is 0 Å². The van der Waals surface area contributed by atoms with Gasteiger partial charge in [-0.15, -0.1) is 0 Å². The van der Waals surface area contributed by atoms with Gasteiger partial charge >= 0.3 is 0 Å². The van der Waals surface area contributed by atoms with E-state index in [0.717, 1.165) is 23.1 Å². The van der Waals surface area contributed by atoms with Crippen LogP contribution in [0.25, 0.3) is 0 Å². The van der Waals surface area contributed by atoms with Crippen LogP contribution in [0, 0.1) is 0 Å². The van der Waals surface area contributed by atoms with Crippen molar-refractivity contribution in [3.8, 4) is 5.75 Å². The molecule has 0 saturated carbocycles. The highest BCUT2D eigenvalue weighted by atomic mass is 79.9. The summed E-state index contributed by atoms with van der Waals surface area (Å²) in [6.45, 7) is 1.89. The lowest BCUT2D eigenvalue weighted by Gasteiger charge is -2.21. The maximum Gasteiger partial charge on any atom is 0.119 e. The lowest BCUT2D eigenvalue weighted by Crippen LogP contribution is -2.13. The molecule has 110 valence electrons. The van der Waals surface area contributed by atoms with E-state index < -0.39 is 0 Å². The number of likely N-dealkylation sites (tertiary alicyclic amines) is 1. The zero-order valence-corrected chi connectivity index (χ0v) is 14.1. The first-order chi connectivity index (χ1) is 10.1. The number of phenolic OH excluding ortho intramolecular Hbond substituents is 1. The second-order valence-corrected chi connectivity index (χ2v) is 6.95. The van der Waals surface area contributed by atoms with Crippen molar-refractivity contribution in [1.82, 2.24) is 4.90 Å². The molecule has 0 amide bonds. The Morgan fingerprint density at radius 3 is 2.48 bits per heavy atom. The zero-order valence-electron chi connectivity index (χ0n) is 11.8. The minimum absolute atomic E-state index is 0.243. The Balaban J connectivity index is 2.04. The highest BCUT2D eigenvalue weighted by Gasteiger charge is 2.35. The van der Waals surface area contributed by atoms with Gasteiger partial charge in [0, 0.05) is 40.0 Å². The number of rotatable bonds is 2. The predicted molar refractivity (Wildman–Crippen MR) is 90.2 cm³/mol. The van der Waals surface area contributed by atoms with E-state index in [1.54, 1.807) is 12.1 Å². The molecule has 0 aromatic heterocycles. The van der Waals surface area contributed by atoms with Crippen LogP contribution >= 0.6 is 27.5 Å². The third-order valence-electron chi connectivity index (χ3n) is 4.20. The lowest BCUT2D eigenvalue weighted by molar-refractivity contribution is 0.405. The molecule has 2 unspecified atom stereocenters. The van der Waals surface area contributed by atoms with E-state index >= 15 is 0 Å². The van der Waals surface area contributed by atoms with E-state index in [9.17, 15) is 5.11 Å². The number of benzene rings is 2. The van der Waals surface area contributed by atoms with E-state index in [1.165, 1.54) is 5.56 Å². The van der Waals surface area contributed by atoms with Gasteiger partial charge in [0.25, 0.3) is 0 Å². The summed E-state index contributed by atoms with van der Waals surface area (Å²) >= 11 is 9.77. The minimum Gasteiger partial charge on any atom is -0.508 e. The molecule has 2 nitrogen and oxygen atoms in total. The van der Waals surface area contributed by atoms with Gasteiger partial charge in [-0.1, -0.05) is 45.7 Å². The van der Waals surface area contributed by atoms with Crippen molar-refractivity contribution < 1.29 is 5.11 Å². The van der Waals surface area contributed by atoms with E-state index in [0.29, 0.717) is 16.7 Å². The number of aromatic hydroxyl groups is 1. The van der Waals surface area contributed by atoms with Crippen LogP contribution in [0.2, 0.25) is 5.02 Å². The van der Waals surface area contributed by atoms with Crippen molar-refractivity contribution in [1.29, 1.82) is 0 Å². The highest BCUT2D eigenvalue weighted by molar-refractivity contribution is 9.10. The zero-order chi connectivity index (χ0) is 15.0. The molecular weight excluding hydrogens is 350 g/mol. The maximum absolute atomic E-state index is 10.2. The topological polar surface area (TPSA) is 23.5 Å². The van der Waals surface area contributed by atoms with Gasteiger partial charge in [-0.05, 0) is 36.9 Å². The first-order valence-corrected chi connectivity index (χ1v) is 8.14.